The van der Waals surface area contributed by atoms with Crippen molar-refractivity contribution in [1.82, 2.24) is 0 Å². The van der Waals surface area contributed by atoms with Gasteiger partial charge in [-0.2, -0.15) is 0 Å². The standard InChI is InChI=1S/C14H8BrCl2FO2/c15-11-5-4-10(14(18)13(11)17)12(19)7-20-9-3-1-2-8(16)6-9/h1-6H,7H2. The van der Waals surface area contributed by atoms with Gasteiger partial charge in [0.1, 0.15) is 5.75 Å². The van der Waals surface area contributed by atoms with Crippen LogP contribution in [-0.2, 0) is 0 Å². The first-order valence-corrected chi connectivity index (χ1v) is 7.09. The molecule has 0 amide bonds. The van der Waals surface area contributed by atoms with Crippen LogP contribution in [0.4, 0.5) is 4.39 Å². The molecule has 2 nitrogen and oxygen atoms in total. The zero-order valence-electron chi connectivity index (χ0n) is 10.00. The minimum atomic E-state index is -0.763. The predicted octanol–water partition coefficient (Wildman–Crippen LogP) is 5.16. The molecule has 0 heterocycles. The lowest BCUT2D eigenvalue weighted by Gasteiger charge is -2.08. The number of benzene rings is 2. The Morgan fingerprint density at radius 1 is 1.25 bits per heavy atom. The Kier molecular flexibility index (Phi) is 5.02. The second-order valence-corrected chi connectivity index (χ2v) is 5.56. The molecule has 0 aliphatic rings. The van der Waals surface area contributed by atoms with E-state index in [1.54, 1.807) is 24.3 Å². The van der Waals surface area contributed by atoms with Gasteiger partial charge in [-0.25, -0.2) is 4.39 Å². The van der Waals surface area contributed by atoms with E-state index < -0.39 is 11.6 Å². The van der Waals surface area contributed by atoms with E-state index >= 15 is 0 Å². The average molecular weight is 378 g/mol. The number of hydrogen-bond donors (Lipinski definition) is 0. The van der Waals surface area contributed by atoms with Gasteiger partial charge in [-0.1, -0.05) is 29.3 Å². The quantitative estimate of drug-likeness (QED) is 0.543. The van der Waals surface area contributed by atoms with Crippen LogP contribution in [0.2, 0.25) is 10.0 Å². The molecule has 2 aromatic carbocycles. The van der Waals surface area contributed by atoms with Crippen molar-refractivity contribution in [3.8, 4) is 5.75 Å². The van der Waals surface area contributed by atoms with E-state index in [9.17, 15) is 9.18 Å². The lowest BCUT2D eigenvalue weighted by molar-refractivity contribution is 0.0917. The van der Waals surface area contributed by atoms with Crippen LogP contribution in [0, 0.1) is 5.82 Å². The van der Waals surface area contributed by atoms with Crippen LogP contribution in [0.5, 0.6) is 5.75 Å². The van der Waals surface area contributed by atoms with Crippen molar-refractivity contribution >= 4 is 44.9 Å². The van der Waals surface area contributed by atoms with E-state index in [4.69, 9.17) is 27.9 Å². The zero-order chi connectivity index (χ0) is 14.7. The molecule has 0 N–H and O–H groups in total. The van der Waals surface area contributed by atoms with Crippen molar-refractivity contribution in [1.29, 1.82) is 0 Å². The van der Waals surface area contributed by atoms with Crippen molar-refractivity contribution in [2.24, 2.45) is 0 Å². The van der Waals surface area contributed by atoms with Crippen molar-refractivity contribution in [2.75, 3.05) is 6.61 Å². The van der Waals surface area contributed by atoms with Crippen LogP contribution < -0.4 is 4.74 Å². The molecule has 6 heteroatoms. The highest BCUT2D eigenvalue weighted by Gasteiger charge is 2.17. The summed E-state index contributed by atoms with van der Waals surface area (Å²) in [5.74, 6) is -0.827. The maximum atomic E-state index is 13.8. The molecule has 0 spiro atoms. The van der Waals surface area contributed by atoms with E-state index in [2.05, 4.69) is 15.9 Å². The normalized spacial score (nSPS) is 10.4. The molecule has 0 radical (unpaired) electrons. The van der Waals surface area contributed by atoms with E-state index in [0.29, 0.717) is 15.2 Å². The second-order valence-electron chi connectivity index (χ2n) is 3.89. The summed E-state index contributed by atoms with van der Waals surface area (Å²) in [6.45, 7) is -0.296. The molecule has 0 saturated carbocycles. The first kappa shape index (κ1) is 15.3. The van der Waals surface area contributed by atoms with Gasteiger partial charge < -0.3 is 4.74 Å². The molecule has 0 aliphatic carbocycles. The topological polar surface area (TPSA) is 26.3 Å². The summed E-state index contributed by atoms with van der Waals surface area (Å²) >= 11 is 14.6. The first-order valence-electron chi connectivity index (χ1n) is 5.54. The van der Waals surface area contributed by atoms with Crippen LogP contribution in [0.15, 0.2) is 40.9 Å². The lowest BCUT2D eigenvalue weighted by Crippen LogP contribution is -2.13. The molecule has 20 heavy (non-hydrogen) atoms. The zero-order valence-corrected chi connectivity index (χ0v) is 13.1. The summed E-state index contributed by atoms with van der Waals surface area (Å²) < 4.78 is 19.5. The molecule has 0 aliphatic heterocycles. The number of hydrogen-bond acceptors (Lipinski definition) is 2. The van der Waals surface area contributed by atoms with Gasteiger partial charge in [-0.05, 0) is 46.3 Å². The Balaban J connectivity index is 2.11. The summed E-state index contributed by atoms with van der Waals surface area (Å²) in [6.07, 6.45) is 0. The summed E-state index contributed by atoms with van der Waals surface area (Å²) in [4.78, 5) is 11.9. The number of ether oxygens (including phenoxy) is 1. The van der Waals surface area contributed by atoms with Gasteiger partial charge in [0, 0.05) is 9.50 Å². The molecule has 0 fully saturated rings. The highest BCUT2D eigenvalue weighted by Crippen LogP contribution is 2.28. The summed E-state index contributed by atoms with van der Waals surface area (Å²) in [7, 11) is 0. The SMILES string of the molecule is O=C(COc1cccc(Cl)c1)c1ccc(Br)c(Cl)c1F. The van der Waals surface area contributed by atoms with Gasteiger partial charge in [0.25, 0.3) is 0 Å². The lowest BCUT2D eigenvalue weighted by atomic mass is 10.1. The number of halogens is 4. The van der Waals surface area contributed by atoms with Crippen molar-refractivity contribution in [3.05, 3.63) is 62.3 Å². The van der Waals surface area contributed by atoms with E-state index in [-0.39, 0.29) is 17.2 Å². The number of rotatable bonds is 4. The third-order valence-corrected chi connectivity index (χ3v) is 4.00. The third-order valence-electron chi connectivity index (χ3n) is 2.50. The number of carbonyl (C=O) groups is 1. The Morgan fingerprint density at radius 3 is 2.70 bits per heavy atom. The molecule has 0 aromatic heterocycles. The third kappa shape index (κ3) is 3.51. The Hall–Kier alpha value is -1.10. The molecule has 0 saturated heterocycles. The largest absolute Gasteiger partial charge is 0.485 e. The fourth-order valence-corrected chi connectivity index (χ4v) is 2.18. The smallest absolute Gasteiger partial charge is 0.203 e. The first-order chi connectivity index (χ1) is 9.49. The minimum Gasteiger partial charge on any atom is -0.485 e. The molecule has 104 valence electrons. The Bertz CT molecular complexity index is 662. The Labute approximate surface area is 133 Å². The second kappa shape index (κ2) is 6.57. The van der Waals surface area contributed by atoms with Crippen LogP contribution in [0.1, 0.15) is 10.4 Å². The molecular formula is C14H8BrCl2FO2. The highest BCUT2D eigenvalue weighted by atomic mass is 79.9. The van der Waals surface area contributed by atoms with E-state index in [0.717, 1.165) is 0 Å². The molecule has 0 atom stereocenters. The molecule has 2 rings (SSSR count). The molecular weight excluding hydrogens is 370 g/mol. The summed E-state index contributed by atoms with van der Waals surface area (Å²) in [5, 5.41) is 0.367. The van der Waals surface area contributed by atoms with Gasteiger partial charge in [-0.3, -0.25) is 4.79 Å². The average Bonchev–Trinajstić information content (AvgIpc) is 2.42. The fourth-order valence-electron chi connectivity index (χ4n) is 1.52. The molecule has 2 aromatic rings. The fraction of sp³-hybridized carbons (Fsp3) is 0.0714. The number of Topliss-reactive ketones (excluding diaryl/α,β-unsaturated/α-hetero) is 1. The van der Waals surface area contributed by atoms with Crippen LogP contribution >= 0.6 is 39.1 Å². The molecule has 0 unspecified atom stereocenters. The van der Waals surface area contributed by atoms with Crippen LogP contribution in [0.25, 0.3) is 0 Å². The number of ketones is 1. The van der Waals surface area contributed by atoms with Gasteiger partial charge >= 0.3 is 0 Å². The number of carbonyl (C=O) groups excluding carboxylic acids is 1. The van der Waals surface area contributed by atoms with Crippen LogP contribution in [0.3, 0.4) is 0 Å². The summed E-state index contributed by atoms with van der Waals surface area (Å²) in [5.41, 5.74) is -0.111. The molecule has 0 bridgehead atoms. The minimum absolute atomic E-state index is 0.111. The van der Waals surface area contributed by atoms with Crippen molar-refractivity contribution in [3.63, 3.8) is 0 Å². The van der Waals surface area contributed by atoms with Crippen LogP contribution in [-0.4, -0.2) is 12.4 Å². The van der Waals surface area contributed by atoms with E-state index in [1.807, 2.05) is 0 Å². The highest BCUT2D eigenvalue weighted by molar-refractivity contribution is 9.10. The summed E-state index contributed by atoms with van der Waals surface area (Å²) in [6, 6.07) is 9.47. The monoisotopic (exact) mass is 376 g/mol. The van der Waals surface area contributed by atoms with Gasteiger partial charge in [0.2, 0.25) is 5.78 Å². The van der Waals surface area contributed by atoms with E-state index in [1.165, 1.54) is 12.1 Å². The maximum absolute atomic E-state index is 13.8. The van der Waals surface area contributed by atoms with Gasteiger partial charge in [0.05, 0.1) is 10.6 Å². The van der Waals surface area contributed by atoms with Crippen molar-refractivity contribution < 1.29 is 13.9 Å². The Morgan fingerprint density at radius 2 is 2.00 bits per heavy atom. The maximum Gasteiger partial charge on any atom is 0.203 e. The van der Waals surface area contributed by atoms with Gasteiger partial charge in [0.15, 0.2) is 12.4 Å². The van der Waals surface area contributed by atoms with Crippen molar-refractivity contribution in [2.45, 2.75) is 0 Å². The van der Waals surface area contributed by atoms with Gasteiger partial charge in [-0.15, -0.1) is 0 Å². The predicted molar refractivity (Wildman–Crippen MR) is 80.4 cm³/mol.